The molecule has 0 atom stereocenters. The van der Waals surface area contributed by atoms with Gasteiger partial charge >= 0.3 is 0 Å². The molecule has 0 aromatic heterocycles. The Morgan fingerprint density at radius 3 is 2.08 bits per heavy atom. The summed E-state index contributed by atoms with van der Waals surface area (Å²) >= 11 is 0. The molecule has 1 nitrogen and oxygen atoms in total. The van der Waals surface area contributed by atoms with Crippen LogP contribution >= 0.6 is 0 Å². The summed E-state index contributed by atoms with van der Waals surface area (Å²) < 4.78 is 0. The molecule has 0 aliphatic rings. The SMILES string of the molecule is CCCC/C(N=C(C)C)=C(/C)CC. The van der Waals surface area contributed by atoms with Crippen LogP contribution < -0.4 is 0 Å². The van der Waals surface area contributed by atoms with E-state index in [4.69, 9.17) is 0 Å². The van der Waals surface area contributed by atoms with Crippen molar-refractivity contribution in [1.29, 1.82) is 0 Å². The monoisotopic (exact) mass is 181 g/mol. The number of allylic oxidation sites excluding steroid dienone is 2. The third kappa shape index (κ3) is 5.62. The van der Waals surface area contributed by atoms with Crippen molar-refractivity contribution in [3.8, 4) is 0 Å². The lowest BCUT2D eigenvalue weighted by atomic mass is 10.1. The summed E-state index contributed by atoms with van der Waals surface area (Å²) in [7, 11) is 0. The zero-order chi connectivity index (χ0) is 10.3. The van der Waals surface area contributed by atoms with Crippen LogP contribution in [0.1, 0.15) is 60.3 Å². The van der Waals surface area contributed by atoms with Crippen LogP contribution in [0, 0.1) is 0 Å². The first kappa shape index (κ1) is 12.4. The van der Waals surface area contributed by atoms with Gasteiger partial charge in [0.2, 0.25) is 0 Å². The Morgan fingerprint density at radius 2 is 1.69 bits per heavy atom. The zero-order valence-electron chi connectivity index (χ0n) is 9.78. The van der Waals surface area contributed by atoms with Gasteiger partial charge in [0.25, 0.3) is 0 Å². The first-order valence-electron chi connectivity index (χ1n) is 5.32. The van der Waals surface area contributed by atoms with Gasteiger partial charge in [-0.05, 0) is 40.0 Å². The zero-order valence-corrected chi connectivity index (χ0v) is 9.78. The van der Waals surface area contributed by atoms with Crippen LogP contribution in [0.3, 0.4) is 0 Å². The number of hydrogen-bond donors (Lipinski definition) is 0. The second-order valence-corrected chi connectivity index (χ2v) is 3.74. The average Bonchev–Trinajstić information content (AvgIpc) is 2.10. The van der Waals surface area contributed by atoms with Gasteiger partial charge in [-0.1, -0.05) is 25.8 Å². The molecule has 0 heterocycles. The molecule has 0 spiro atoms. The smallest absolute Gasteiger partial charge is 0.0391 e. The Morgan fingerprint density at radius 1 is 1.08 bits per heavy atom. The van der Waals surface area contributed by atoms with Crippen molar-refractivity contribution in [3.63, 3.8) is 0 Å². The Kier molecular flexibility index (Phi) is 6.56. The van der Waals surface area contributed by atoms with Crippen LogP contribution in [-0.2, 0) is 0 Å². The Bertz CT molecular complexity index is 195. The van der Waals surface area contributed by atoms with Crippen LogP contribution in [0.2, 0.25) is 0 Å². The van der Waals surface area contributed by atoms with Gasteiger partial charge in [0.05, 0.1) is 0 Å². The molecule has 0 bridgehead atoms. The van der Waals surface area contributed by atoms with Crippen LogP contribution in [0.25, 0.3) is 0 Å². The highest BCUT2D eigenvalue weighted by atomic mass is 14.7. The Labute approximate surface area is 83.0 Å². The van der Waals surface area contributed by atoms with Gasteiger partial charge in [0, 0.05) is 11.4 Å². The van der Waals surface area contributed by atoms with Crippen LogP contribution in [-0.4, -0.2) is 5.71 Å². The highest BCUT2D eigenvalue weighted by molar-refractivity contribution is 5.80. The number of rotatable bonds is 5. The quantitative estimate of drug-likeness (QED) is 0.559. The maximum atomic E-state index is 4.58. The molecule has 0 aromatic rings. The normalized spacial score (nSPS) is 12.4. The topological polar surface area (TPSA) is 12.4 Å². The van der Waals surface area contributed by atoms with Crippen LogP contribution in [0.4, 0.5) is 0 Å². The molecule has 0 N–H and O–H groups in total. The minimum absolute atomic E-state index is 1.12. The maximum Gasteiger partial charge on any atom is 0.0391 e. The van der Waals surface area contributed by atoms with Gasteiger partial charge in [-0.3, -0.25) is 4.99 Å². The number of hydrogen-bond acceptors (Lipinski definition) is 1. The van der Waals surface area contributed by atoms with E-state index in [1.165, 1.54) is 29.8 Å². The molecule has 0 saturated heterocycles. The van der Waals surface area contributed by atoms with E-state index in [-0.39, 0.29) is 0 Å². The second kappa shape index (κ2) is 6.88. The minimum Gasteiger partial charge on any atom is -0.263 e. The molecule has 0 rings (SSSR count). The summed E-state index contributed by atoms with van der Waals surface area (Å²) in [5.41, 5.74) is 3.91. The fourth-order valence-electron chi connectivity index (χ4n) is 1.18. The van der Waals surface area contributed by atoms with Crippen molar-refractivity contribution in [2.75, 3.05) is 0 Å². The van der Waals surface area contributed by atoms with E-state index >= 15 is 0 Å². The van der Waals surface area contributed by atoms with E-state index in [2.05, 4.69) is 39.6 Å². The summed E-state index contributed by atoms with van der Waals surface area (Å²) in [5.74, 6) is 0. The first-order valence-corrected chi connectivity index (χ1v) is 5.32. The van der Waals surface area contributed by atoms with Crippen molar-refractivity contribution >= 4 is 5.71 Å². The lowest BCUT2D eigenvalue weighted by molar-refractivity contribution is 0.768. The van der Waals surface area contributed by atoms with Gasteiger partial charge in [-0.2, -0.15) is 0 Å². The average molecular weight is 181 g/mol. The third-order valence-corrected chi connectivity index (χ3v) is 2.15. The molecule has 13 heavy (non-hydrogen) atoms. The summed E-state index contributed by atoms with van der Waals surface area (Å²) in [6.45, 7) is 10.7. The standard InChI is InChI=1S/C12H23N/c1-6-8-9-12(11(5)7-2)13-10(3)4/h6-9H2,1-5H3/b12-11+. The fourth-order valence-corrected chi connectivity index (χ4v) is 1.18. The molecular formula is C12H23N. The Hall–Kier alpha value is -0.590. The lowest BCUT2D eigenvalue weighted by Gasteiger charge is -2.06. The minimum atomic E-state index is 1.12. The molecule has 0 amide bonds. The molecule has 1 heteroatoms. The Balaban J connectivity index is 4.46. The number of nitrogens with zero attached hydrogens (tertiary/aromatic N) is 1. The van der Waals surface area contributed by atoms with E-state index in [1.54, 1.807) is 0 Å². The molecule has 0 aliphatic carbocycles. The molecular weight excluding hydrogens is 158 g/mol. The predicted octanol–water partition coefficient (Wildman–Crippen LogP) is 4.34. The largest absolute Gasteiger partial charge is 0.263 e. The van der Waals surface area contributed by atoms with Gasteiger partial charge < -0.3 is 0 Å². The highest BCUT2D eigenvalue weighted by Crippen LogP contribution is 2.16. The van der Waals surface area contributed by atoms with Crippen molar-refractivity contribution in [2.24, 2.45) is 4.99 Å². The summed E-state index contributed by atoms with van der Waals surface area (Å²) in [4.78, 5) is 4.58. The van der Waals surface area contributed by atoms with Crippen molar-refractivity contribution in [2.45, 2.75) is 60.3 Å². The van der Waals surface area contributed by atoms with Crippen LogP contribution in [0.5, 0.6) is 0 Å². The van der Waals surface area contributed by atoms with Crippen LogP contribution in [0.15, 0.2) is 16.3 Å². The molecule has 0 unspecified atom stereocenters. The van der Waals surface area contributed by atoms with Gasteiger partial charge in [-0.25, -0.2) is 0 Å². The molecule has 0 radical (unpaired) electrons. The van der Waals surface area contributed by atoms with E-state index in [1.807, 2.05) is 0 Å². The number of unbranched alkanes of at least 4 members (excludes halogenated alkanes) is 1. The van der Waals surface area contributed by atoms with E-state index in [0.717, 1.165) is 12.8 Å². The van der Waals surface area contributed by atoms with E-state index in [9.17, 15) is 0 Å². The van der Waals surface area contributed by atoms with Gasteiger partial charge in [-0.15, -0.1) is 0 Å². The molecule has 76 valence electrons. The second-order valence-electron chi connectivity index (χ2n) is 3.74. The van der Waals surface area contributed by atoms with E-state index in [0.29, 0.717) is 0 Å². The first-order chi connectivity index (χ1) is 6.11. The molecule has 0 saturated carbocycles. The maximum absolute atomic E-state index is 4.58. The summed E-state index contributed by atoms with van der Waals surface area (Å²) in [6.07, 6.45) is 4.76. The molecule has 0 aliphatic heterocycles. The molecule has 0 fully saturated rings. The lowest BCUT2D eigenvalue weighted by Crippen LogP contribution is -1.90. The summed E-state index contributed by atoms with van der Waals surface area (Å²) in [5, 5.41) is 0. The van der Waals surface area contributed by atoms with Gasteiger partial charge in [0.1, 0.15) is 0 Å². The number of aliphatic imine (C=N–C) groups is 1. The fraction of sp³-hybridized carbons (Fsp3) is 0.750. The van der Waals surface area contributed by atoms with E-state index < -0.39 is 0 Å². The van der Waals surface area contributed by atoms with Crippen molar-refractivity contribution < 1.29 is 0 Å². The molecule has 0 aromatic carbocycles. The van der Waals surface area contributed by atoms with Crippen molar-refractivity contribution in [1.82, 2.24) is 0 Å². The van der Waals surface area contributed by atoms with Crippen molar-refractivity contribution in [3.05, 3.63) is 11.3 Å². The summed E-state index contributed by atoms with van der Waals surface area (Å²) in [6, 6.07) is 0. The third-order valence-electron chi connectivity index (χ3n) is 2.15. The highest BCUT2D eigenvalue weighted by Gasteiger charge is 1.99. The van der Waals surface area contributed by atoms with Gasteiger partial charge in [0.15, 0.2) is 0 Å². The predicted molar refractivity (Wildman–Crippen MR) is 61.3 cm³/mol.